The van der Waals surface area contributed by atoms with Crippen LogP contribution in [-0.4, -0.2) is 24.8 Å². The number of aromatic nitrogens is 2. The van der Waals surface area contributed by atoms with Crippen molar-refractivity contribution in [1.29, 1.82) is 0 Å². The van der Waals surface area contributed by atoms with Gasteiger partial charge in [-0.1, -0.05) is 92.8 Å². The normalized spacial score (nSPS) is 12.1. The molecular formula is C20H22N2O2SSi. The molecule has 0 saturated carbocycles. The summed E-state index contributed by atoms with van der Waals surface area (Å²) in [6.07, 6.45) is 0.726. The van der Waals surface area contributed by atoms with Gasteiger partial charge in [0.05, 0.1) is 6.61 Å². The van der Waals surface area contributed by atoms with Gasteiger partial charge in [-0.15, -0.1) is 10.2 Å². The zero-order valence-electron chi connectivity index (χ0n) is 15.2. The van der Waals surface area contributed by atoms with Crippen LogP contribution in [0.5, 0.6) is 0 Å². The lowest BCUT2D eigenvalue weighted by Crippen LogP contribution is -2.66. The van der Waals surface area contributed by atoms with Crippen molar-refractivity contribution >= 4 is 36.3 Å². The summed E-state index contributed by atoms with van der Waals surface area (Å²) in [5.41, 5.74) is 0. The van der Waals surface area contributed by atoms with E-state index in [0.29, 0.717) is 11.6 Å². The number of benzene rings is 2. The molecule has 0 aliphatic carbocycles. The van der Waals surface area contributed by atoms with Crippen LogP contribution >= 0.6 is 11.3 Å². The molecule has 0 N–H and O–H groups in total. The van der Waals surface area contributed by atoms with E-state index in [1.807, 2.05) is 12.1 Å². The van der Waals surface area contributed by atoms with Gasteiger partial charge in [-0.05, 0) is 15.4 Å². The van der Waals surface area contributed by atoms with Gasteiger partial charge < -0.3 is 4.43 Å². The Morgan fingerprint density at radius 1 is 0.962 bits per heavy atom. The van der Waals surface area contributed by atoms with Crippen LogP contribution in [0.2, 0.25) is 5.04 Å². The largest absolute Gasteiger partial charge is 0.401 e. The molecule has 3 aromatic rings. The van der Waals surface area contributed by atoms with Gasteiger partial charge in [0.2, 0.25) is 0 Å². The van der Waals surface area contributed by atoms with Crippen molar-refractivity contribution in [3.63, 3.8) is 0 Å². The topological polar surface area (TPSA) is 52.1 Å². The summed E-state index contributed by atoms with van der Waals surface area (Å²) in [6, 6.07) is 20.9. The van der Waals surface area contributed by atoms with Gasteiger partial charge >= 0.3 is 0 Å². The predicted octanol–water partition coefficient (Wildman–Crippen LogP) is 3.43. The van der Waals surface area contributed by atoms with Gasteiger partial charge in [0.25, 0.3) is 8.32 Å². The van der Waals surface area contributed by atoms with Crippen molar-refractivity contribution in [2.45, 2.75) is 32.4 Å². The summed E-state index contributed by atoms with van der Waals surface area (Å²) in [5, 5.41) is 11.4. The van der Waals surface area contributed by atoms with Crippen molar-refractivity contribution in [3.8, 4) is 0 Å². The molecule has 134 valence electrons. The molecule has 0 saturated heterocycles. The second-order valence-electron chi connectivity index (χ2n) is 7.10. The molecule has 0 unspecified atom stereocenters. The Kier molecular flexibility index (Phi) is 5.46. The molecule has 2 aromatic carbocycles. The van der Waals surface area contributed by atoms with E-state index in [1.165, 1.54) is 21.7 Å². The summed E-state index contributed by atoms with van der Waals surface area (Å²) >= 11 is 1.28. The first-order valence-corrected chi connectivity index (χ1v) is 11.2. The lowest BCUT2D eigenvalue weighted by Gasteiger charge is -2.42. The molecule has 26 heavy (non-hydrogen) atoms. The number of nitrogens with zero attached hydrogens (tertiary/aromatic N) is 2. The molecule has 3 rings (SSSR count). The van der Waals surface area contributed by atoms with Crippen LogP contribution in [0.4, 0.5) is 0 Å². The molecule has 4 nitrogen and oxygen atoms in total. The van der Waals surface area contributed by atoms with Crippen molar-refractivity contribution < 1.29 is 9.22 Å². The van der Waals surface area contributed by atoms with E-state index in [2.05, 4.69) is 79.5 Å². The third-order valence-corrected chi connectivity index (χ3v) is 10.2. The summed E-state index contributed by atoms with van der Waals surface area (Å²) in [4.78, 5) is 10.9. The van der Waals surface area contributed by atoms with Gasteiger partial charge in [-0.2, -0.15) is 0 Å². The average Bonchev–Trinajstić information content (AvgIpc) is 3.11. The van der Waals surface area contributed by atoms with Crippen LogP contribution in [0.1, 0.15) is 35.6 Å². The quantitative estimate of drug-likeness (QED) is 0.484. The summed E-state index contributed by atoms with van der Waals surface area (Å²) in [6.45, 7) is 7.04. The van der Waals surface area contributed by atoms with Crippen molar-refractivity contribution in [3.05, 3.63) is 70.7 Å². The Hall–Kier alpha value is -2.15. The van der Waals surface area contributed by atoms with Crippen molar-refractivity contribution in [2.75, 3.05) is 0 Å². The minimum absolute atomic E-state index is 0.0894. The maximum absolute atomic E-state index is 10.9. The van der Waals surface area contributed by atoms with E-state index in [4.69, 9.17) is 4.43 Å². The van der Waals surface area contributed by atoms with Crippen molar-refractivity contribution in [1.82, 2.24) is 10.2 Å². The molecule has 0 fully saturated rings. The van der Waals surface area contributed by atoms with Crippen LogP contribution in [0.15, 0.2) is 60.7 Å². The number of carbonyl (C=O) groups is 1. The highest BCUT2D eigenvalue weighted by molar-refractivity contribution is 7.12. The Balaban J connectivity index is 2.09. The molecule has 0 bridgehead atoms. The fourth-order valence-electron chi connectivity index (χ4n) is 3.30. The first kappa shape index (κ1) is 18.6. The summed E-state index contributed by atoms with van der Waals surface area (Å²) in [5.74, 6) is 0. The highest BCUT2D eigenvalue weighted by Gasteiger charge is 2.50. The molecule has 0 aliphatic rings. The number of carbonyl (C=O) groups excluding carboxylic acids is 1. The first-order chi connectivity index (χ1) is 12.5. The van der Waals surface area contributed by atoms with E-state index in [9.17, 15) is 4.79 Å². The predicted molar refractivity (Wildman–Crippen MR) is 108 cm³/mol. The highest BCUT2D eigenvalue weighted by atomic mass is 32.1. The van der Waals surface area contributed by atoms with E-state index in [0.717, 1.165) is 11.3 Å². The fraction of sp³-hybridized carbons (Fsp3) is 0.250. The molecule has 0 amide bonds. The summed E-state index contributed by atoms with van der Waals surface area (Å²) in [7, 11) is -2.58. The monoisotopic (exact) mass is 382 g/mol. The molecule has 1 aromatic heterocycles. The van der Waals surface area contributed by atoms with E-state index in [-0.39, 0.29) is 5.04 Å². The Morgan fingerprint density at radius 2 is 1.50 bits per heavy atom. The van der Waals surface area contributed by atoms with E-state index in [1.54, 1.807) is 0 Å². The Labute approximate surface area is 159 Å². The Morgan fingerprint density at radius 3 is 1.92 bits per heavy atom. The molecule has 0 aliphatic heterocycles. The van der Waals surface area contributed by atoms with Crippen LogP contribution in [0.3, 0.4) is 0 Å². The Bertz CT molecular complexity index is 821. The first-order valence-electron chi connectivity index (χ1n) is 8.50. The second kappa shape index (κ2) is 7.61. The van der Waals surface area contributed by atoms with E-state index >= 15 is 0 Å². The van der Waals surface area contributed by atoms with Gasteiger partial charge in [0, 0.05) is 0 Å². The number of rotatable bonds is 6. The smallest absolute Gasteiger partial charge is 0.261 e. The molecule has 0 spiro atoms. The third kappa shape index (κ3) is 3.53. The SMILES string of the molecule is CC(C)(C)[Si](OCc1nnc(C=O)s1)(c1ccccc1)c1ccccc1. The van der Waals surface area contributed by atoms with Gasteiger partial charge in [-0.25, -0.2) is 0 Å². The second-order valence-corrected chi connectivity index (χ2v) is 12.5. The third-order valence-electron chi connectivity index (χ3n) is 4.41. The van der Waals surface area contributed by atoms with E-state index < -0.39 is 8.32 Å². The zero-order chi connectivity index (χ0) is 18.6. The minimum atomic E-state index is -2.58. The van der Waals surface area contributed by atoms with Crippen LogP contribution in [-0.2, 0) is 11.0 Å². The minimum Gasteiger partial charge on any atom is -0.401 e. The van der Waals surface area contributed by atoms with Gasteiger partial charge in [-0.3, -0.25) is 4.79 Å². The molecule has 0 atom stereocenters. The maximum Gasteiger partial charge on any atom is 0.261 e. The average molecular weight is 383 g/mol. The van der Waals surface area contributed by atoms with Crippen LogP contribution in [0, 0.1) is 0 Å². The summed E-state index contributed by atoms with van der Waals surface area (Å²) < 4.78 is 6.74. The van der Waals surface area contributed by atoms with Gasteiger partial charge in [0.15, 0.2) is 11.3 Å². The van der Waals surface area contributed by atoms with Crippen LogP contribution in [0.25, 0.3) is 0 Å². The standard InChI is InChI=1S/C20H22N2O2SSi/c1-20(2,3)26(16-10-6-4-7-11-16,17-12-8-5-9-13-17)24-15-19-22-21-18(14-23)25-19/h4-14H,15H2,1-3H3. The van der Waals surface area contributed by atoms with Crippen LogP contribution < -0.4 is 10.4 Å². The molecule has 0 radical (unpaired) electrons. The maximum atomic E-state index is 10.9. The lowest BCUT2D eigenvalue weighted by atomic mass is 10.2. The lowest BCUT2D eigenvalue weighted by molar-refractivity contribution is 0.112. The van der Waals surface area contributed by atoms with Crippen molar-refractivity contribution in [2.24, 2.45) is 0 Å². The molecular weight excluding hydrogens is 360 g/mol. The van der Waals surface area contributed by atoms with Gasteiger partial charge in [0.1, 0.15) is 5.01 Å². The highest BCUT2D eigenvalue weighted by Crippen LogP contribution is 2.37. The fourth-order valence-corrected chi connectivity index (χ4v) is 8.49. The number of hydrogen-bond donors (Lipinski definition) is 0. The molecule has 1 heterocycles. The molecule has 6 heteroatoms. The zero-order valence-corrected chi connectivity index (χ0v) is 17.0. The number of aldehydes is 1. The number of hydrogen-bond acceptors (Lipinski definition) is 5.